The number of hydrogen-bond donors (Lipinski definition) is 1. The molecular weight excluding hydrogens is 302 g/mol. The lowest BCUT2D eigenvalue weighted by atomic mass is 9.87. The van der Waals surface area contributed by atoms with Crippen molar-refractivity contribution in [3.8, 4) is 0 Å². The minimum absolute atomic E-state index is 0.167. The molecule has 1 aromatic carbocycles. The van der Waals surface area contributed by atoms with E-state index in [2.05, 4.69) is 33.4 Å². The van der Waals surface area contributed by atoms with Crippen LogP contribution in [0.2, 0.25) is 0 Å². The molecule has 2 rings (SSSR count). The molecule has 0 atom stereocenters. The summed E-state index contributed by atoms with van der Waals surface area (Å²) in [6, 6.07) is 8.16. The Bertz CT molecular complexity index is 396. The van der Waals surface area contributed by atoms with Gasteiger partial charge in [0.25, 0.3) is 0 Å². The van der Waals surface area contributed by atoms with Crippen LogP contribution in [0, 0.1) is 5.92 Å². The van der Waals surface area contributed by atoms with Gasteiger partial charge >= 0.3 is 0 Å². The van der Waals surface area contributed by atoms with Gasteiger partial charge in [0.05, 0.1) is 0 Å². The Kier molecular flexibility index (Phi) is 5.90. The SMILES string of the molecule is O=C(CC1CCCCC1)Nc1ccc(CCBr)cc1. The number of alkyl halides is 1. The molecule has 2 nitrogen and oxygen atoms in total. The van der Waals surface area contributed by atoms with Gasteiger partial charge in [-0.3, -0.25) is 4.79 Å². The second-order valence-electron chi connectivity index (χ2n) is 5.39. The molecule has 0 bridgehead atoms. The van der Waals surface area contributed by atoms with E-state index in [-0.39, 0.29) is 5.91 Å². The lowest BCUT2D eigenvalue weighted by Gasteiger charge is -2.20. The number of carbonyl (C=O) groups excluding carboxylic acids is 1. The zero-order chi connectivity index (χ0) is 13.5. The van der Waals surface area contributed by atoms with Gasteiger partial charge in [-0.25, -0.2) is 0 Å². The molecule has 0 spiro atoms. The number of benzene rings is 1. The van der Waals surface area contributed by atoms with E-state index in [9.17, 15) is 4.79 Å². The van der Waals surface area contributed by atoms with Crippen molar-refractivity contribution in [1.29, 1.82) is 0 Å². The second-order valence-corrected chi connectivity index (χ2v) is 6.19. The number of nitrogens with one attached hydrogen (secondary N) is 1. The first kappa shape index (κ1) is 14.6. The monoisotopic (exact) mass is 323 g/mol. The summed E-state index contributed by atoms with van der Waals surface area (Å²) in [4.78, 5) is 12.0. The van der Waals surface area contributed by atoms with Gasteiger partial charge in [0.15, 0.2) is 0 Å². The molecule has 0 aliphatic heterocycles. The van der Waals surface area contributed by atoms with Crippen molar-refractivity contribution in [3.63, 3.8) is 0 Å². The van der Waals surface area contributed by atoms with Crippen LogP contribution in [0.5, 0.6) is 0 Å². The summed E-state index contributed by atoms with van der Waals surface area (Å²) in [6.07, 6.45) is 8.07. The van der Waals surface area contributed by atoms with Crippen LogP contribution >= 0.6 is 15.9 Å². The Hall–Kier alpha value is -0.830. The maximum atomic E-state index is 12.0. The molecule has 1 aliphatic carbocycles. The van der Waals surface area contributed by atoms with E-state index in [0.29, 0.717) is 12.3 Å². The van der Waals surface area contributed by atoms with Crippen molar-refractivity contribution in [3.05, 3.63) is 29.8 Å². The topological polar surface area (TPSA) is 29.1 Å². The van der Waals surface area contributed by atoms with E-state index in [0.717, 1.165) is 17.4 Å². The average molecular weight is 324 g/mol. The fraction of sp³-hybridized carbons (Fsp3) is 0.562. The summed E-state index contributed by atoms with van der Waals surface area (Å²) in [5.41, 5.74) is 2.21. The van der Waals surface area contributed by atoms with Crippen molar-refractivity contribution in [2.24, 2.45) is 5.92 Å². The molecule has 0 unspecified atom stereocenters. The van der Waals surface area contributed by atoms with Crippen molar-refractivity contribution in [2.45, 2.75) is 44.9 Å². The second kappa shape index (κ2) is 7.68. The van der Waals surface area contributed by atoms with Crippen molar-refractivity contribution in [2.75, 3.05) is 10.6 Å². The van der Waals surface area contributed by atoms with Crippen molar-refractivity contribution < 1.29 is 4.79 Å². The Morgan fingerprint density at radius 3 is 2.47 bits per heavy atom. The van der Waals surface area contributed by atoms with Crippen LogP contribution < -0.4 is 5.32 Å². The largest absolute Gasteiger partial charge is 0.326 e. The Balaban J connectivity index is 1.80. The van der Waals surface area contributed by atoms with E-state index >= 15 is 0 Å². The maximum absolute atomic E-state index is 12.0. The molecular formula is C16H22BrNO. The minimum Gasteiger partial charge on any atom is -0.326 e. The molecule has 0 radical (unpaired) electrons. The highest BCUT2D eigenvalue weighted by molar-refractivity contribution is 9.09. The lowest BCUT2D eigenvalue weighted by molar-refractivity contribution is -0.117. The summed E-state index contributed by atoms with van der Waals surface area (Å²) >= 11 is 3.43. The Morgan fingerprint density at radius 2 is 1.84 bits per heavy atom. The third kappa shape index (κ3) is 4.98. The van der Waals surface area contributed by atoms with E-state index in [4.69, 9.17) is 0 Å². The van der Waals surface area contributed by atoms with Gasteiger partial charge in [-0.15, -0.1) is 0 Å². The quantitative estimate of drug-likeness (QED) is 0.792. The summed E-state index contributed by atoms with van der Waals surface area (Å²) in [6.45, 7) is 0. The van der Waals surface area contributed by atoms with Crippen LogP contribution in [0.25, 0.3) is 0 Å². The molecule has 0 heterocycles. The number of carbonyl (C=O) groups is 1. The molecule has 0 saturated heterocycles. The van der Waals surface area contributed by atoms with Crippen LogP contribution in [0.4, 0.5) is 5.69 Å². The number of rotatable bonds is 5. The third-order valence-electron chi connectivity index (χ3n) is 3.82. The van der Waals surface area contributed by atoms with Crippen molar-refractivity contribution >= 4 is 27.5 Å². The molecule has 19 heavy (non-hydrogen) atoms. The molecule has 1 N–H and O–H groups in total. The van der Waals surface area contributed by atoms with Gasteiger partial charge in [0, 0.05) is 17.4 Å². The van der Waals surface area contributed by atoms with Crippen LogP contribution in [0.3, 0.4) is 0 Å². The molecule has 3 heteroatoms. The van der Waals surface area contributed by atoms with E-state index in [1.165, 1.54) is 37.7 Å². The normalized spacial score (nSPS) is 16.3. The van der Waals surface area contributed by atoms with Gasteiger partial charge in [0.1, 0.15) is 0 Å². The number of amides is 1. The molecule has 1 amide bonds. The maximum Gasteiger partial charge on any atom is 0.224 e. The number of anilines is 1. The molecule has 104 valence electrons. The highest BCUT2D eigenvalue weighted by Crippen LogP contribution is 2.26. The first-order valence-electron chi connectivity index (χ1n) is 7.22. The van der Waals surface area contributed by atoms with Crippen LogP contribution in [-0.2, 0) is 11.2 Å². The zero-order valence-electron chi connectivity index (χ0n) is 11.3. The van der Waals surface area contributed by atoms with Gasteiger partial charge in [0.2, 0.25) is 5.91 Å². The first-order chi connectivity index (χ1) is 9.28. The molecule has 1 saturated carbocycles. The highest BCUT2D eigenvalue weighted by Gasteiger charge is 2.16. The van der Waals surface area contributed by atoms with Gasteiger partial charge in [-0.2, -0.15) is 0 Å². The highest BCUT2D eigenvalue weighted by atomic mass is 79.9. The van der Waals surface area contributed by atoms with Crippen LogP contribution in [0.15, 0.2) is 24.3 Å². The fourth-order valence-corrected chi connectivity index (χ4v) is 3.19. The standard InChI is InChI=1S/C16H22BrNO/c17-11-10-13-6-8-15(9-7-13)18-16(19)12-14-4-2-1-3-5-14/h6-9,14H,1-5,10-12H2,(H,18,19). The summed E-state index contributed by atoms with van der Waals surface area (Å²) in [5.74, 6) is 0.765. The molecule has 1 aliphatic rings. The van der Waals surface area contributed by atoms with Crippen LogP contribution in [0.1, 0.15) is 44.1 Å². The van der Waals surface area contributed by atoms with E-state index in [1.54, 1.807) is 0 Å². The zero-order valence-corrected chi connectivity index (χ0v) is 12.9. The summed E-state index contributed by atoms with van der Waals surface area (Å²) < 4.78 is 0. The number of halogens is 1. The predicted octanol–water partition coefficient (Wildman–Crippen LogP) is 4.53. The predicted molar refractivity (Wildman–Crippen MR) is 83.8 cm³/mol. The Morgan fingerprint density at radius 1 is 1.16 bits per heavy atom. The molecule has 1 fully saturated rings. The average Bonchev–Trinajstić information content (AvgIpc) is 2.42. The van der Waals surface area contributed by atoms with E-state index < -0.39 is 0 Å². The number of hydrogen-bond acceptors (Lipinski definition) is 1. The summed E-state index contributed by atoms with van der Waals surface area (Å²) in [7, 11) is 0. The smallest absolute Gasteiger partial charge is 0.224 e. The van der Waals surface area contributed by atoms with Gasteiger partial charge in [-0.1, -0.05) is 47.3 Å². The molecule has 0 aromatic heterocycles. The van der Waals surface area contributed by atoms with E-state index in [1.807, 2.05) is 12.1 Å². The lowest BCUT2D eigenvalue weighted by Crippen LogP contribution is -2.18. The van der Waals surface area contributed by atoms with Gasteiger partial charge < -0.3 is 5.32 Å². The fourth-order valence-electron chi connectivity index (χ4n) is 2.73. The third-order valence-corrected chi connectivity index (χ3v) is 4.22. The Labute approximate surface area is 124 Å². The van der Waals surface area contributed by atoms with Crippen LogP contribution in [-0.4, -0.2) is 11.2 Å². The number of aryl methyl sites for hydroxylation is 1. The summed E-state index contributed by atoms with van der Waals surface area (Å²) in [5, 5.41) is 3.98. The minimum atomic E-state index is 0.167. The first-order valence-corrected chi connectivity index (χ1v) is 8.35. The van der Waals surface area contributed by atoms with Crippen molar-refractivity contribution in [1.82, 2.24) is 0 Å². The molecule has 1 aromatic rings. The van der Waals surface area contributed by atoms with Gasteiger partial charge in [-0.05, 0) is 42.9 Å².